The van der Waals surface area contributed by atoms with Crippen LogP contribution in [0.15, 0.2) is 54.9 Å². The van der Waals surface area contributed by atoms with Crippen molar-refractivity contribution in [2.45, 2.75) is 26.1 Å². The summed E-state index contributed by atoms with van der Waals surface area (Å²) in [5, 5.41) is 0. The maximum absolute atomic E-state index is 13.0. The third-order valence-electron chi connectivity index (χ3n) is 4.81. The van der Waals surface area contributed by atoms with Crippen molar-refractivity contribution in [1.82, 2.24) is 9.97 Å². The molecule has 0 saturated heterocycles. The van der Waals surface area contributed by atoms with E-state index in [4.69, 9.17) is 0 Å². The summed E-state index contributed by atoms with van der Waals surface area (Å²) in [6.07, 6.45) is -1.07. The lowest BCUT2D eigenvalue weighted by Gasteiger charge is -2.18. The van der Waals surface area contributed by atoms with Gasteiger partial charge in [0.25, 0.3) is 0 Å². The fraction of sp³-hybridized carbons (Fsp3) is 0.190. The average molecular weight is 383 g/mol. The number of benzene rings is 1. The van der Waals surface area contributed by atoms with Crippen molar-refractivity contribution in [3.8, 4) is 11.1 Å². The number of rotatable bonds is 3. The summed E-state index contributed by atoms with van der Waals surface area (Å²) in [5.41, 5.74) is 3.18. The van der Waals surface area contributed by atoms with E-state index in [1.54, 1.807) is 23.2 Å². The minimum atomic E-state index is -4.42. The van der Waals surface area contributed by atoms with Crippen LogP contribution in [0.3, 0.4) is 0 Å². The number of alkyl halides is 3. The van der Waals surface area contributed by atoms with E-state index in [1.807, 2.05) is 19.1 Å². The van der Waals surface area contributed by atoms with Crippen LogP contribution < -0.4 is 4.90 Å². The van der Waals surface area contributed by atoms with E-state index in [9.17, 15) is 18.0 Å². The Morgan fingerprint density at radius 3 is 2.64 bits per heavy atom. The fourth-order valence-electron chi connectivity index (χ4n) is 3.26. The second-order valence-electron chi connectivity index (χ2n) is 6.69. The molecule has 1 aromatic carbocycles. The van der Waals surface area contributed by atoms with Crippen LogP contribution in [0.5, 0.6) is 0 Å². The van der Waals surface area contributed by atoms with Crippen molar-refractivity contribution in [3.63, 3.8) is 0 Å². The number of hydrogen-bond donors (Lipinski definition) is 0. The van der Waals surface area contributed by atoms with Gasteiger partial charge in [-0.05, 0) is 42.3 Å². The van der Waals surface area contributed by atoms with E-state index in [0.29, 0.717) is 29.1 Å². The molecule has 7 heteroatoms. The monoisotopic (exact) mass is 383 g/mol. The van der Waals surface area contributed by atoms with Gasteiger partial charge in [0.1, 0.15) is 0 Å². The number of fused-ring (bicyclic) bond motifs is 1. The van der Waals surface area contributed by atoms with Crippen molar-refractivity contribution < 1.29 is 18.0 Å². The van der Waals surface area contributed by atoms with Crippen molar-refractivity contribution in [2.75, 3.05) is 4.90 Å². The van der Waals surface area contributed by atoms with Gasteiger partial charge in [0.05, 0.1) is 35.6 Å². The molecule has 0 bridgehead atoms. The first-order chi connectivity index (χ1) is 13.3. The maximum Gasteiger partial charge on any atom is 0.416 e. The quantitative estimate of drug-likeness (QED) is 0.666. The number of amides is 1. The molecule has 0 N–H and O–H groups in total. The summed E-state index contributed by atoms with van der Waals surface area (Å²) >= 11 is 0. The SMILES string of the molecule is Cc1cccnc1CN1C(=O)Cc2ncc(-c3cccc(C(F)(F)F)c3)cc21. The molecule has 0 aliphatic carbocycles. The van der Waals surface area contributed by atoms with Gasteiger partial charge in [-0.25, -0.2) is 0 Å². The highest BCUT2D eigenvalue weighted by molar-refractivity contribution is 6.01. The summed E-state index contributed by atoms with van der Waals surface area (Å²) in [6, 6.07) is 10.6. The lowest BCUT2D eigenvalue weighted by atomic mass is 10.0. The zero-order valence-electron chi connectivity index (χ0n) is 15.0. The number of aromatic nitrogens is 2. The Morgan fingerprint density at radius 1 is 1.07 bits per heavy atom. The highest BCUT2D eigenvalue weighted by Gasteiger charge is 2.32. The lowest BCUT2D eigenvalue weighted by Crippen LogP contribution is -2.26. The molecule has 0 spiro atoms. The Kier molecular flexibility index (Phi) is 4.37. The summed E-state index contributed by atoms with van der Waals surface area (Å²) in [7, 11) is 0. The number of halogens is 3. The summed E-state index contributed by atoms with van der Waals surface area (Å²) in [4.78, 5) is 22.7. The van der Waals surface area contributed by atoms with Gasteiger partial charge in [0.2, 0.25) is 5.91 Å². The Balaban J connectivity index is 1.71. The molecule has 0 unspecified atom stereocenters. The van der Waals surface area contributed by atoms with Crippen LogP contribution in [0.25, 0.3) is 11.1 Å². The molecule has 3 heterocycles. The molecular weight excluding hydrogens is 367 g/mol. The minimum Gasteiger partial charge on any atom is -0.304 e. The van der Waals surface area contributed by atoms with Gasteiger partial charge in [-0.15, -0.1) is 0 Å². The van der Waals surface area contributed by atoms with Gasteiger partial charge in [-0.1, -0.05) is 18.2 Å². The normalized spacial score (nSPS) is 13.7. The summed E-state index contributed by atoms with van der Waals surface area (Å²) < 4.78 is 39.1. The van der Waals surface area contributed by atoms with E-state index in [2.05, 4.69) is 9.97 Å². The first-order valence-corrected chi connectivity index (χ1v) is 8.70. The lowest BCUT2D eigenvalue weighted by molar-refractivity contribution is -0.137. The highest BCUT2D eigenvalue weighted by atomic mass is 19.4. The molecule has 4 rings (SSSR count). The Hall–Kier alpha value is -3.22. The predicted octanol–water partition coefficient (Wildman–Crippen LogP) is 4.56. The number of pyridine rings is 2. The number of hydrogen-bond acceptors (Lipinski definition) is 3. The van der Waals surface area contributed by atoms with Crippen LogP contribution >= 0.6 is 0 Å². The summed E-state index contributed by atoms with van der Waals surface area (Å²) in [5.74, 6) is -0.103. The Bertz CT molecular complexity index is 1060. The predicted molar refractivity (Wildman–Crippen MR) is 98.5 cm³/mol. The second kappa shape index (κ2) is 6.74. The number of carbonyl (C=O) groups is 1. The van der Waals surface area contributed by atoms with Crippen molar-refractivity contribution in [3.05, 3.63) is 77.4 Å². The van der Waals surface area contributed by atoms with E-state index >= 15 is 0 Å². The molecule has 0 atom stereocenters. The van der Waals surface area contributed by atoms with Gasteiger partial charge in [-0.3, -0.25) is 14.8 Å². The fourth-order valence-corrected chi connectivity index (χ4v) is 3.26. The van der Waals surface area contributed by atoms with Crippen molar-refractivity contribution in [2.24, 2.45) is 0 Å². The highest BCUT2D eigenvalue weighted by Crippen LogP contribution is 2.35. The van der Waals surface area contributed by atoms with Crippen molar-refractivity contribution in [1.29, 1.82) is 0 Å². The minimum absolute atomic E-state index is 0.103. The van der Waals surface area contributed by atoms with Crippen LogP contribution in [0.1, 0.15) is 22.5 Å². The third kappa shape index (κ3) is 3.35. The zero-order valence-corrected chi connectivity index (χ0v) is 15.0. The smallest absolute Gasteiger partial charge is 0.304 e. The average Bonchev–Trinajstić information content (AvgIpc) is 2.97. The largest absolute Gasteiger partial charge is 0.416 e. The van der Waals surface area contributed by atoms with Crippen LogP contribution in [-0.4, -0.2) is 15.9 Å². The Morgan fingerprint density at radius 2 is 1.89 bits per heavy atom. The van der Waals surface area contributed by atoms with E-state index < -0.39 is 11.7 Å². The first kappa shape index (κ1) is 18.2. The molecule has 142 valence electrons. The van der Waals surface area contributed by atoms with Crippen molar-refractivity contribution >= 4 is 11.6 Å². The first-order valence-electron chi connectivity index (χ1n) is 8.70. The number of aryl methyl sites for hydroxylation is 1. The molecule has 4 nitrogen and oxygen atoms in total. The van der Waals surface area contributed by atoms with E-state index in [0.717, 1.165) is 23.4 Å². The molecule has 1 aliphatic rings. The number of nitrogens with zero attached hydrogens (tertiary/aromatic N) is 3. The van der Waals surface area contributed by atoms with Crippen LogP contribution in [0, 0.1) is 6.92 Å². The van der Waals surface area contributed by atoms with Crippen LogP contribution in [0.4, 0.5) is 18.9 Å². The number of anilines is 1. The van der Waals surface area contributed by atoms with Gasteiger partial charge in [0, 0.05) is 18.0 Å². The molecule has 0 radical (unpaired) electrons. The summed E-state index contributed by atoms with van der Waals surface area (Å²) in [6.45, 7) is 2.22. The standard InChI is InChI=1S/C21H16F3N3O/c1-13-4-3-7-25-18(13)12-27-19-9-15(11-26-17(19)10-20(27)28)14-5-2-6-16(8-14)21(22,23)24/h2-9,11H,10,12H2,1H3. The zero-order chi connectivity index (χ0) is 19.9. The molecule has 3 aromatic rings. The van der Waals surface area contributed by atoms with Gasteiger partial charge >= 0.3 is 6.18 Å². The van der Waals surface area contributed by atoms with Gasteiger partial charge in [0.15, 0.2) is 0 Å². The molecule has 2 aromatic heterocycles. The molecule has 0 saturated carbocycles. The molecule has 1 aliphatic heterocycles. The Labute approximate surface area is 159 Å². The molecular formula is C21H16F3N3O. The van der Waals surface area contributed by atoms with Gasteiger partial charge < -0.3 is 4.90 Å². The topological polar surface area (TPSA) is 46.1 Å². The second-order valence-corrected chi connectivity index (χ2v) is 6.69. The van der Waals surface area contributed by atoms with Crippen LogP contribution in [0.2, 0.25) is 0 Å². The van der Waals surface area contributed by atoms with Gasteiger partial charge in [-0.2, -0.15) is 13.2 Å². The number of carbonyl (C=O) groups excluding carboxylic acids is 1. The van der Waals surface area contributed by atoms with Crippen LogP contribution in [-0.2, 0) is 23.9 Å². The molecule has 0 fully saturated rings. The molecule has 28 heavy (non-hydrogen) atoms. The van der Waals surface area contributed by atoms with E-state index in [-0.39, 0.29) is 12.3 Å². The van der Waals surface area contributed by atoms with E-state index in [1.165, 1.54) is 12.3 Å². The molecule has 1 amide bonds. The maximum atomic E-state index is 13.0. The third-order valence-corrected chi connectivity index (χ3v) is 4.81.